The number of nitrogens with two attached hydrogens (primary N) is 2. The number of carbonyl (C=O) groups excluding carboxylic acids is 1. The summed E-state index contributed by atoms with van der Waals surface area (Å²) in [4.78, 5) is 19.8. The Bertz CT molecular complexity index is 1460. The van der Waals surface area contributed by atoms with E-state index >= 15 is 0 Å². The molecule has 11 heteroatoms. The Morgan fingerprint density at radius 1 is 0.938 bits per heavy atom. The van der Waals surface area contributed by atoms with Crippen LogP contribution in [-0.2, 0) is 10.0 Å². The first-order valence-electron chi connectivity index (χ1n) is 9.22. The molecule has 162 valence electrons. The van der Waals surface area contributed by atoms with Gasteiger partial charge in [0.1, 0.15) is 5.02 Å². The molecule has 1 heterocycles. The van der Waals surface area contributed by atoms with Gasteiger partial charge < -0.3 is 16.4 Å². The number of nitrogens with one attached hydrogen (secondary N) is 2. The van der Waals surface area contributed by atoms with Gasteiger partial charge in [0.05, 0.1) is 11.1 Å². The molecule has 0 unspecified atom stereocenters. The van der Waals surface area contributed by atoms with E-state index in [4.69, 9.17) is 22.5 Å². The zero-order valence-electron chi connectivity index (χ0n) is 16.4. The Morgan fingerprint density at radius 3 is 2.41 bits per heavy atom. The molecule has 1 amide bonds. The van der Waals surface area contributed by atoms with E-state index in [1.165, 1.54) is 18.3 Å². The third-order valence-corrected chi connectivity index (χ3v) is 5.74. The van der Waals surface area contributed by atoms with Gasteiger partial charge in [0, 0.05) is 16.9 Å². The number of primary amides is 1. The summed E-state index contributed by atoms with van der Waals surface area (Å²) in [7, 11) is -3.84. The van der Waals surface area contributed by atoms with Crippen molar-refractivity contribution in [3.05, 3.63) is 77.4 Å². The fourth-order valence-electron chi connectivity index (χ4n) is 3.01. The molecule has 9 nitrogen and oxygen atoms in total. The maximum absolute atomic E-state index is 11.6. The Labute approximate surface area is 188 Å². The molecule has 0 aliphatic carbocycles. The predicted molar refractivity (Wildman–Crippen MR) is 124 cm³/mol. The molecule has 0 saturated heterocycles. The quantitative estimate of drug-likeness (QED) is 0.337. The molecule has 32 heavy (non-hydrogen) atoms. The van der Waals surface area contributed by atoms with Gasteiger partial charge in [-0.1, -0.05) is 29.8 Å². The zero-order chi connectivity index (χ0) is 22.9. The number of amides is 1. The van der Waals surface area contributed by atoms with Crippen molar-refractivity contribution in [1.29, 1.82) is 0 Å². The molecule has 4 aromatic rings. The molecule has 1 aromatic heterocycles. The van der Waals surface area contributed by atoms with Crippen LogP contribution in [0.4, 0.5) is 23.1 Å². The van der Waals surface area contributed by atoms with Crippen LogP contribution in [0, 0.1) is 0 Å². The Balaban J connectivity index is 1.59. The lowest BCUT2D eigenvalue weighted by molar-refractivity contribution is 0.100. The first kappa shape index (κ1) is 21.5. The van der Waals surface area contributed by atoms with Crippen molar-refractivity contribution in [3.63, 3.8) is 0 Å². The number of carbonyl (C=O) groups is 1. The van der Waals surface area contributed by atoms with Crippen LogP contribution in [0.5, 0.6) is 0 Å². The summed E-state index contributed by atoms with van der Waals surface area (Å²) in [6.45, 7) is 0. The van der Waals surface area contributed by atoms with E-state index in [2.05, 4.69) is 20.6 Å². The number of rotatable bonds is 6. The Morgan fingerprint density at radius 2 is 1.66 bits per heavy atom. The molecule has 0 spiro atoms. The van der Waals surface area contributed by atoms with Gasteiger partial charge in [0.15, 0.2) is 5.82 Å². The smallest absolute Gasteiger partial charge is 0.248 e. The van der Waals surface area contributed by atoms with Gasteiger partial charge in [-0.15, -0.1) is 0 Å². The van der Waals surface area contributed by atoms with Crippen LogP contribution in [0.2, 0.25) is 5.02 Å². The van der Waals surface area contributed by atoms with E-state index in [-0.39, 0.29) is 15.9 Å². The fourth-order valence-corrected chi connectivity index (χ4v) is 3.71. The van der Waals surface area contributed by atoms with Crippen LogP contribution in [-0.4, -0.2) is 24.3 Å². The highest BCUT2D eigenvalue weighted by Crippen LogP contribution is 2.27. The normalized spacial score (nSPS) is 11.3. The minimum Gasteiger partial charge on any atom is -0.366 e. The summed E-state index contributed by atoms with van der Waals surface area (Å²) in [6, 6.07) is 16.7. The second kappa shape index (κ2) is 8.42. The number of benzene rings is 3. The average molecular weight is 469 g/mol. The summed E-state index contributed by atoms with van der Waals surface area (Å²) < 4.78 is 23.1. The van der Waals surface area contributed by atoms with Gasteiger partial charge >= 0.3 is 0 Å². The average Bonchev–Trinajstić information content (AvgIpc) is 2.75. The third kappa shape index (κ3) is 4.78. The van der Waals surface area contributed by atoms with E-state index in [1.807, 2.05) is 18.2 Å². The molecular weight excluding hydrogens is 452 g/mol. The second-order valence-corrected chi connectivity index (χ2v) is 8.82. The minimum atomic E-state index is -3.84. The fraction of sp³-hybridized carbons (Fsp3) is 0. The van der Waals surface area contributed by atoms with E-state index in [1.54, 1.807) is 30.3 Å². The molecule has 0 atom stereocenters. The monoisotopic (exact) mass is 468 g/mol. The molecule has 0 aliphatic heterocycles. The van der Waals surface area contributed by atoms with E-state index < -0.39 is 15.9 Å². The lowest BCUT2D eigenvalue weighted by atomic mass is 10.1. The van der Waals surface area contributed by atoms with Crippen molar-refractivity contribution < 1.29 is 13.2 Å². The largest absolute Gasteiger partial charge is 0.366 e. The van der Waals surface area contributed by atoms with Crippen LogP contribution < -0.4 is 21.5 Å². The van der Waals surface area contributed by atoms with Gasteiger partial charge in [-0.2, -0.15) is 4.98 Å². The number of primary sulfonamides is 1. The first-order valence-corrected chi connectivity index (χ1v) is 11.1. The number of aromatic nitrogens is 2. The maximum atomic E-state index is 11.6. The molecule has 0 radical (unpaired) electrons. The van der Waals surface area contributed by atoms with E-state index in [0.29, 0.717) is 22.8 Å². The topological polar surface area (TPSA) is 153 Å². The molecule has 0 saturated carbocycles. The van der Waals surface area contributed by atoms with E-state index in [0.717, 1.165) is 10.8 Å². The molecule has 0 bridgehead atoms. The first-order chi connectivity index (χ1) is 15.2. The number of nitrogens with zero attached hydrogens (tertiary/aromatic N) is 2. The van der Waals surface area contributed by atoms with Gasteiger partial charge in [-0.3, -0.25) is 4.79 Å². The molecule has 3 aromatic carbocycles. The van der Waals surface area contributed by atoms with E-state index in [9.17, 15) is 13.2 Å². The van der Waals surface area contributed by atoms with Crippen LogP contribution in [0.1, 0.15) is 10.4 Å². The van der Waals surface area contributed by atoms with Gasteiger partial charge in [0.2, 0.25) is 21.9 Å². The number of hydrogen-bond donors (Lipinski definition) is 4. The van der Waals surface area contributed by atoms with Crippen LogP contribution in [0.3, 0.4) is 0 Å². The molecular formula is C21H17ClN6O3S. The summed E-state index contributed by atoms with van der Waals surface area (Å²) in [5.41, 5.74) is 6.92. The van der Waals surface area contributed by atoms with Crippen molar-refractivity contribution in [3.8, 4) is 0 Å². The minimum absolute atomic E-state index is 0.0366. The highest BCUT2D eigenvalue weighted by molar-refractivity contribution is 7.89. The van der Waals surface area contributed by atoms with Crippen LogP contribution >= 0.6 is 11.6 Å². The van der Waals surface area contributed by atoms with Gasteiger partial charge in [-0.05, 0) is 53.2 Å². The van der Waals surface area contributed by atoms with Crippen molar-refractivity contribution in [2.45, 2.75) is 4.90 Å². The number of hydrogen-bond acceptors (Lipinski definition) is 7. The summed E-state index contributed by atoms with van der Waals surface area (Å²) in [5, 5.41) is 13.3. The second-order valence-electron chi connectivity index (χ2n) is 6.85. The maximum Gasteiger partial charge on any atom is 0.248 e. The Kier molecular flexibility index (Phi) is 5.66. The summed E-state index contributed by atoms with van der Waals surface area (Å²) in [6.07, 6.45) is 1.42. The summed E-state index contributed by atoms with van der Waals surface area (Å²) in [5.74, 6) is 0.0618. The van der Waals surface area contributed by atoms with Crippen LogP contribution in [0.25, 0.3) is 10.8 Å². The predicted octanol–water partition coefficient (Wildman–Crippen LogP) is 3.52. The van der Waals surface area contributed by atoms with Crippen molar-refractivity contribution in [2.24, 2.45) is 10.9 Å². The molecule has 4 rings (SSSR count). The third-order valence-electron chi connectivity index (χ3n) is 4.55. The number of sulfonamides is 1. The zero-order valence-corrected chi connectivity index (χ0v) is 18.0. The van der Waals surface area contributed by atoms with Gasteiger partial charge in [0.25, 0.3) is 0 Å². The standard InChI is InChI=1S/C21H17ClN6O3S/c22-18-11-25-21(27-15-2-1-3-17(10-15)32(24,30)31)28-20(18)26-16-7-6-12-8-14(19(23)29)5-4-13(12)9-16/h1-11H,(H2,23,29)(H2,24,30,31)(H2,25,26,27,28). The van der Waals surface area contributed by atoms with Crippen molar-refractivity contribution in [1.82, 2.24) is 9.97 Å². The molecule has 0 aliphatic rings. The van der Waals surface area contributed by atoms with Crippen molar-refractivity contribution >= 4 is 61.4 Å². The molecule has 6 N–H and O–H groups in total. The summed E-state index contributed by atoms with van der Waals surface area (Å²) >= 11 is 6.25. The number of anilines is 4. The molecule has 0 fully saturated rings. The SMILES string of the molecule is NC(=O)c1ccc2cc(Nc3nc(Nc4cccc(S(N)(=O)=O)c4)ncc3Cl)ccc2c1. The highest BCUT2D eigenvalue weighted by atomic mass is 35.5. The Hall–Kier alpha value is -3.73. The number of fused-ring (bicyclic) bond motifs is 1. The lowest BCUT2D eigenvalue weighted by Gasteiger charge is -2.11. The highest BCUT2D eigenvalue weighted by Gasteiger charge is 2.11. The lowest BCUT2D eigenvalue weighted by Crippen LogP contribution is -2.12. The van der Waals surface area contributed by atoms with Gasteiger partial charge in [-0.25, -0.2) is 18.5 Å². The van der Waals surface area contributed by atoms with Crippen LogP contribution in [0.15, 0.2) is 71.8 Å². The van der Waals surface area contributed by atoms with Crippen molar-refractivity contribution in [2.75, 3.05) is 10.6 Å². The number of halogens is 1.